The molecule has 0 amide bonds. The SMILES string of the molecule is CC(N)C(=O)c1cccc2oncc12. The minimum Gasteiger partial charge on any atom is -0.356 e. The Kier molecular flexibility index (Phi) is 2.05. The molecule has 0 aliphatic carbocycles. The van der Waals surface area contributed by atoms with Crippen LogP contribution in [0.5, 0.6) is 0 Å². The summed E-state index contributed by atoms with van der Waals surface area (Å²) in [6.07, 6.45) is 1.53. The van der Waals surface area contributed by atoms with Gasteiger partial charge >= 0.3 is 0 Å². The van der Waals surface area contributed by atoms with Gasteiger partial charge in [0.15, 0.2) is 11.4 Å². The highest BCUT2D eigenvalue weighted by atomic mass is 16.5. The summed E-state index contributed by atoms with van der Waals surface area (Å²) in [5, 5.41) is 4.35. The summed E-state index contributed by atoms with van der Waals surface area (Å²) < 4.78 is 4.95. The summed E-state index contributed by atoms with van der Waals surface area (Å²) in [6.45, 7) is 1.66. The van der Waals surface area contributed by atoms with Gasteiger partial charge in [-0.3, -0.25) is 4.79 Å². The molecule has 72 valence electrons. The van der Waals surface area contributed by atoms with Crippen LogP contribution in [0.1, 0.15) is 17.3 Å². The van der Waals surface area contributed by atoms with E-state index in [0.717, 1.165) is 5.39 Å². The van der Waals surface area contributed by atoms with Gasteiger partial charge in [-0.2, -0.15) is 0 Å². The molecule has 1 heterocycles. The van der Waals surface area contributed by atoms with Crippen molar-refractivity contribution in [1.29, 1.82) is 0 Å². The Morgan fingerprint density at radius 3 is 3.07 bits per heavy atom. The van der Waals surface area contributed by atoms with Gasteiger partial charge in [-0.1, -0.05) is 17.3 Å². The number of carbonyl (C=O) groups excluding carboxylic acids is 1. The Hall–Kier alpha value is -1.68. The number of carbonyl (C=O) groups is 1. The van der Waals surface area contributed by atoms with Gasteiger partial charge in [-0.15, -0.1) is 0 Å². The first-order valence-corrected chi connectivity index (χ1v) is 4.33. The van der Waals surface area contributed by atoms with E-state index >= 15 is 0 Å². The average Bonchev–Trinajstić information content (AvgIpc) is 2.63. The molecule has 1 aromatic carbocycles. The molecule has 0 bridgehead atoms. The number of hydrogen-bond acceptors (Lipinski definition) is 4. The van der Waals surface area contributed by atoms with Crippen molar-refractivity contribution in [3.05, 3.63) is 30.0 Å². The lowest BCUT2D eigenvalue weighted by molar-refractivity contribution is 0.0969. The molecular weight excluding hydrogens is 180 g/mol. The molecule has 0 fully saturated rings. The zero-order valence-electron chi connectivity index (χ0n) is 7.73. The van der Waals surface area contributed by atoms with Crippen LogP contribution in [0.15, 0.2) is 28.9 Å². The molecule has 4 heteroatoms. The predicted octanol–water partition coefficient (Wildman–Crippen LogP) is 1.36. The first-order chi connectivity index (χ1) is 6.70. The molecule has 1 aromatic heterocycles. The van der Waals surface area contributed by atoms with Gasteiger partial charge < -0.3 is 10.3 Å². The van der Waals surface area contributed by atoms with Crippen LogP contribution in [0.2, 0.25) is 0 Å². The molecule has 1 unspecified atom stereocenters. The van der Waals surface area contributed by atoms with E-state index in [1.165, 1.54) is 6.20 Å². The zero-order valence-corrected chi connectivity index (χ0v) is 7.73. The smallest absolute Gasteiger partial charge is 0.180 e. The van der Waals surface area contributed by atoms with Crippen LogP contribution in [0.3, 0.4) is 0 Å². The molecule has 14 heavy (non-hydrogen) atoms. The van der Waals surface area contributed by atoms with Gasteiger partial charge in [0.05, 0.1) is 17.6 Å². The van der Waals surface area contributed by atoms with Crippen molar-refractivity contribution in [1.82, 2.24) is 5.16 Å². The van der Waals surface area contributed by atoms with E-state index in [4.69, 9.17) is 10.3 Å². The predicted molar refractivity (Wildman–Crippen MR) is 52.0 cm³/mol. The van der Waals surface area contributed by atoms with Crippen molar-refractivity contribution in [2.45, 2.75) is 13.0 Å². The fraction of sp³-hybridized carbons (Fsp3) is 0.200. The van der Waals surface area contributed by atoms with Gasteiger partial charge in [0.2, 0.25) is 0 Å². The first-order valence-electron chi connectivity index (χ1n) is 4.33. The summed E-state index contributed by atoms with van der Waals surface area (Å²) in [5.74, 6) is -0.0983. The van der Waals surface area contributed by atoms with Gasteiger partial charge in [-0.05, 0) is 13.0 Å². The molecule has 2 aromatic rings. The third-order valence-corrected chi connectivity index (χ3v) is 2.08. The molecule has 0 spiro atoms. The van der Waals surface area contributed by atoms with Crippen molar-refractivity contribution < 1.29 is 9.32 Å². The standard InChI is InChI=1S/C10H10N2O2/c1-6(11)10(13)7-3-2-4-9-8(7)5-12-14-9/h2-6H,11H2,1H3. The highest BCUT2D eigenvalue weighted by Gasteiger charge is 2.15. The minimum atomic E-state index is -0.504. The van der Waals surface area contributed by atoms with Crippen LogP contribution in [-0.2, 0) is 0 Å². The number of rotatable bonds is 2. The Balaban J connectivity index is 2.62. The largest absolute Gasteiger partial charge is 0.356 e. The minimum absolute atomic E-state index is 0.0983. The van der Waals surface area contributed by atoms with E-state index in [1.54, 1.807) is 25.1 Å². The van der Waals surface area contributed by atoms with E-state index in [9.17, 15) is 4.79 Å². The van der Waals surface area contributed by atoms with Gasteiger partial charge in [0, 0.05) is 5.56 Å². The third kappa shape index (κ3) is 1.29. The fourth-order valence-corrected chi connectivity index (χ4v) is 1.35. The second kappa shape index (κ2) is 3.23. The van der Waals surface area contributed by atoms with Crippen molar-refractivity contribution in [3.63, 3.8) is 0 Å². The molecule has 0 radical (unpaired) electrons. The van der Waals surface area contributed by atoms with E-state index in [2.05, 4.69) is 5.16 Å². The molecule has 0 saturated heterocycles. The summed E-state index contributed by atoms with van der Waals surface area (Å²) in [7, 11) is 0. The summed E-state index contributed by atoms with van der Waals surface area (Å²) in [6, 6.07) is 4.74. The van der Waals surface area contributed by atoms with Crippen LogP contribution >= 0.6 is 0 Å². The molecule has 0 aliphatic heterocycles. The molecule has 4 nitrogen and oxygen atoms in total. The lowest BCUT2D eigenvalue weighted by atomic mass is 10.0. The van der Waals surface area contributed by atoms with Crippen LogP contribution in [-0.4, -0.2) is 17.0 Å². The number of benzene rings is 1. The number of fused-ring (bicyclic) bond motifs is 1. The maximum atomic E-state index is 11.7. The van der Waals surface area contributed by atoms with Gasteiger partial charge in [0.1, 0.15) is 0 Å². The Bertz CT molecular complexity index is 474. The van der Waals surface area contributed by atoms with Gasteiger partial charge in [-0.25, -0.2) is 0 Å². The Labute approximate surface area is 80.7 Å². The van der Waals surface area contributed by atoms with Crippen LogP contribution < -0.4 is 5.73 Å². The van der Waals surface area contributed by atoms with Crippen molar-refractivity contribution >= 4 is 16.8 Å². The van der Waals surface area contributed by atoms with E-state index in [-0.39, 0.29) is 5.78 Å². The number of ketones is 1. The molecule has 2 rings (SSSR count). The first kappa shape index (κ1) is 8.90. The topological polar surface area (TPSA) is 69.1 Å². The number of nitrogens with zero attached hydrogens (tertiary/aromatic N) is 1. The number of nitrogens with two attached hydrogens (primary N) is 1. The van der Waals surface area contributed by atoms with Crippen LogP contribution in [0.25, 0.3) is 11.0 Å². The highest BCUT2D eigenvalue weighted by molar-refractivity contribution is 6.09. The number of hydrogen-bond donors (Lipinski definition) is 1. The summed E-state index contributed by atoms with van der Waals surface area (Å²) >= 11 is 0. The van der Waals surface area contributed by atoms with E-state index < -0.39 is 6.04 Å². The van der Waals surface area contributed by atoms with Gasteiger partial charge in [0.25, 0.3) is 0 Å². The van der Waals surface area contributed by atoms with Crippen LogP contribution in [0.4, 0.5) is 0 Å². The zero-order chi connectivity index (χ0) is 10.1. The molecule has 1 atom stereocenters. The average molecular weight is 190 g/mol. The third-order valence-electron chi connectivity index (χ3n) is 2.08. The van der Waals surface area contributed by atoms with E-state index in [1.807, 2.05) is 0 Å². The second-order valence-electron chi connectivity index (χ2n) is 3.20. The molecule has 2 N–H and O–H groups in total. The number of Topliss-reactive ketones (excluding diaryl/α,β-unsaturated/α-hetero) is 1. The highest BCUT2D eigenvalue weighted by Crippen LogP contribution is 2.18. The summed E-state index contributed by atoms with van der Waals surface area (Å²) in [5.41, 5.74) is 6.70. The quantitative estimate of drug-likeness (QED) is 0.726. The molecular formula is C10H10N2O2. The lowest BCUT2D eigenvalue weighted by Crippen LogP contribution is -2.26. The molecule has 0 aliphatic rings. The van der Waals surface area contributed by atoms with E-state index in [0.29, 0.717) is 11.1 Å². The lowest BCUT2D eigenvalue weighted by Gasteiger charge is -2.03. The Morgan fingerprint density at radius 1 is 1.57 bits per heavy atom. The maximum absolute atomic E-state index is 11.7. The van der Waals surface area contributed by atoms with Crippen LogP contribution in [0, 0.1) is 0 Å². The van der Waals surface area contributed by atoms with Crippen molar-refractivity contribution in [2.75, 3.05) is 0 Å². The Morgan fingerprint density at radius 2 is 2.36 bits per heavy atom. The monoisotopic (exact) mass is 190 g/mol. The van der Waals surface area contributed by atoms with Crippen molar-refractivity contribution in [2.24, 2.45) is 5.73 Å². The molecule has 0 saturated carbocycles. The van der Waals surface area contributed by atoms with Crippen molar-refractivity contribution in [3.8, 4) is 0 Å². The number of aromatic nitrogens is 1. The fourth-order valence-electron chi connectivity index (χ4n) is 1.35. The summed E-state index contributed by atoms with van der Waals surface area (Å²) in [4.78, 5) is 11.7. The maximum Gasteiger partial charge on any atom is 0.180 e. The normalized spacial score (nSPS) is 13.0. The second-order valence-corrected chi connectivity index (χ2v) is 3.20.